The smallest absolute Gasteiger partial charge is 0.251 e. The molecule has 0 saturated heterocycles. The molecule has 0 aliphatic rings. The summed E-state index contributed by atoms with van der Waals surface area (Å²) in [7, 11) is 1.72. The Bertz CT molecular complexity index is 1210. The highest BCUT2D eigenvalue weighted by molar-refractivity contribution is 7.99. The molecule has 0 fully saturated rings. The maximum atomic E-state index is 12.4. The molecule has 4 rings (SSSR count). The standard InChI is InChI=1S/C21H20N6O3S2/c1-27-18(15(11-28)22-19(30)13-7-3-2-4-8-13)25-26-21(27)31-12-17(29)24-20-23-14-9-5-6-10-16(14)32-20/h2-10,15,28H,11-12H2,1H3,(H,22,30)(H,23,24,29)/t15-/m0/s1. The Labute approximate surface area is 191 Å². The molecule has 3 N–H and O–H groups in total. The van der Waals surface area contributed by atoms with Gasteiger partial charge in [0.1, 0.15) is 6.04 Å². The van der Waals surface area contributed by atoms with Crippen molar-refractivity contribution >= 4 is 50.3 Å². The molecule has 2 aromatic heterocycles. The topological polar surface area (TPSA) is 122 Å². The number of amides is 2. The molecule has 0 aliphatic heterocycles. The third-order valence-electron chi connectivity index (χ3n) is 4.58. The number of para-hydroxylation sites is 1. The highest BCUT2D eigenvalue weighted by Gasteiger charge is 2.22. The molecule has 1 atom stereocenters. The molecule has 0 saturated carbocycles. The molecule has 2 amide bonds. The van der Waals surface area contributed by atoms with Crippen molar-refractivity contribution in [1.82, 2.24) is 25.1 Å². The van der Waals surface area contributed by atoms with Gasteiger partial charge in [-0.15, -0.1) is 10.2 Å². The van der Waals surface area contributed by atoms with Gasteiger partial charge in [-0.2, -0.15) is 0 Å². The van der Waals surface area contributed by atoms with Crippen molar-refractivity contribution in [2.75, 3.05) is 17.7 Å². The zero-order valence-electron chi connectivity index (χ0n) is 17.1. The quantitative estimate of drug-likeness (QED) is 0.340. The largest absolute Gasteiger partial charge is 0.394 e. The maximum absolute atomic E-state index is 12.4. The van der Waals surface area contributed by atoms with E-state index in [0.717, 1.165) is 10.2 Å². The first-order valence-electron chi connectivity index (χ1n) is 9.69. The minimum atomic E-state index is -0.730. The van der Waals surface area contributed by atoms with Crippen LogP contribution in [0.25, 0.3) is 10.2 Å². The number of fused-ring (bicyclic) bond motifs is 1. The highest BCUT2D eigenvalue weighted by atomic mass is 32.2. The summed E-state index contributed by atoms with van der Waals surface area (Å²) in [6, 6.07) is 15.7. The molecule has 0 spiro atoms. The number of rotatable bonds is 8. The van der Waals surface area contributed by atoms with Crippen LogP contribution in [0.4, 0.5) is 5.13 Å². The van der Waals surface area contributed by atoms with E-state index < -0.39 is 6.04 Å². The molecule has 11 heteroatoms. The van der Waals surface area contributed by atoms with E-state index in [1.54, 1.807) is 35.9 Å². The molecule has 0 bridgehead atoms. The van der Waals surface area contributed by atoms with Crippen molar-refractivity contribution in [2.24, 2.45) is 7.05 Å². The molecule has 32 heavy (non-hydrogen) atoms. The highest BCUT2D eigenvalue weighted by Crippen LogP contribution is 2.26. The van der Waals surface area contributed by atoms with Crippen molar-refractivity contribution in [1.29, 1.82) is 0 Å². The van der Waals surface area contributed by atoms with Crippen LogP contribution in [0.1, 0.15) is 22.2 Å². The van der Waals surface area contributed by atoms with Crippen LogP contribution in [0.15, 0.2) is 59.8 Å². The number of aliphatic hydroxyl groups excluding tert-OH is 1. The summed E-state index contributed by atoms with van der Waals surface area (Å²) in [5.41, 5.74) is 1.32. The average molecular weight is 469 g/mol. The van der Waals surface area contributed by atoms with Gasteiger partial charge < -0.3 is 20.3 Å². The molecule has 2 heterocycles. The number of carbonyl (C=O) groups excluding carboxylic acids is 2. The van der Waals surface area contributed by atoms with Crippen LogP contribution >= 0.6 is 23.1 Å². The second-order valence-corrected chi connectivity index (χ2v) is 8.77. The number of thiazole rings is 1. The van der Waals surface area contributed by atoms with Gasteiger partial charge in [0.25, 0.3) is 5.91 Å². The zero-order valence-corrected chi connectivity index (χ0v) is 18.7. The number of thioether (sulfide) groups is 1. The number of hydrogen-bond acceptors (Lipinski definition) is 8. The maximum Gasteiger partial charge on any atom is 0.251 e. The predicted octanol–water partition coefficient (Wildman–Crippen LogP) is 2.62. The van der Waals surface area contributed by atoms with Crippen molar-refractivity contribution in [3.05, 3.63) is 66.0 Å². The fraction of sp³-hybridized carbons (Fsp3) is 0.190. The molecule has 4 aromatic rings. The molecular formula is C21H20N6O3S2. The SMILES string of the molecule is Cn1c(SCC(=O)Nc2nc3ccccc3s2)nnc1[C@H](CO)NC(=O)c1ccccc1. The summed E-state index contributed by atoms with van der Waals surface area (Å²) in [5, 5.41) is 24.6. The van der Waals surface area contributed by atoms with Crippen molar-refractivity contribution in [2.45, 2.75) is 11.2 Å². The van der Waals surface area contributed by atoms with E-state index in [2.05, 4.69) is 25.8 Å². The molecule has 164 valence electrons. The Morgan fingerprint density at radius 1 is 1.12 bits per heavy atom. The van der Waals surface area contributed by atoms with Crippen LogP contribution in [0.5, 0.6) is 0 Å². The first kappa shape index (κ1) is 21.9. The van der Waals surface area contributed by atoms with Crippen molar-refractivity contribution < 1.29 is 14.7 Å². The van der Waals surface area contributed by atoms with Crippen LogP contribution in [0.3, 0.4) is 0 Å². The number of anilines is 1. The summed E-state index contributed by atoms with van der Waals surface area (Å²) >= 11 is 2.62. The van der Waals surface area contributed by atoms with Gasteiger partial charge in [-0.3, -0.25) is 9.59 Å². The lowest BCUT2D eigenvalue weighted by Crippen LogP contribution is -2.32. The summed E-state index contributed by atoms with van der Waals surface area (Å²) in [6.45, 7) is -0.340. The van der Waals surface area contributed by atoms with Gasteiger partial charge in [0.05, 0.1) is 22.6 Å². The summed E-state index contributed by atoms with van der Waals surface area (Å²) < 4.78 is 2.66. The number of aliphatic hydroxyl groups is 1. The average Bonchev–Trinajstić information content (AvgIpc) is 3.39. The van der Waals surface area contributed by atoms with Crippen LogP contribution < -0.4 is 10.6 Å². The van der Waals surface area contributed by atoms with Crippen molar-refractivity contribution in [3.63, 3.8) is 0 Å². The number of benzene rings is 2. The van der Waals surface area contributed by atoms with E-state index in [4.69, 9.17) is 0 Å². The molecule has 2 aromatic carbocycles. The number of nitrogens with zero attached hydrogens (tertiary/aromatic N) is 4. The zero-order chi connectivity index (χ0) is 22.5. The summed E-state index contributed by atoms with van der Waals surface area (Å²) in [5.74, 6) is -0.0279. The minimum Gasteiger partial charge on any atom is -0.394 e. The van der Waals surface area contributed by atoms with Gasteiger partial charge in [-0.1, -0.05) is 53.4 Å². The van der Waals surface area contributed by atoms with Gasteiger partial charge >= 0.3 is 0 Å². The van der Waals surface area contributed by atoms with Crippen LogP contribution in [0, 0.1) is 0 Å². The monoisotopic (exact) mass is 468 g/mol. The minimum absolute atomic E-state index is 0.113. The Morgan fingerprint density at radius 2 is 1.88 bits per heavy atom. The number of hydrogen-bond donors (Lipinski definition) is 3. The molecular weight excluding hydrogens is 448 g/mol. The van der Waals surface area contributed by atoms with Crippen LogP contribution in [-0.2, 0) is 11.8 Å². The van der Waals surface area contributed by atoms with Gasteiger partial charge in [0.2, 0.25) is 5.91 Å². The summed E-state index contributed by atoms with van der Waals surface area (Å²) in [4.78, 5) is 29.2. The van der Waals surface area contributed by atoms with Gasteiger partial charge in [0.15, 0.2) is 16.1 Å². The Hall–Kier alpha value is -3.28. The molecule has 0 radical (unpaired) electrons. The molecule has 9 nitrogen and oxygen atoms in total. The molecule has 0 unspecified atom stereocenters. The normalized spacial score (nSPS) is 11.9. The molecule has 0 aliphatic carbocycles. The number of nitrogens with one attached hydrogen (secondary N) is 2. The van der Waals surface area contributed by atoms with Crippen LogP contribution in [-0.4, -0.2) is 49.0 Å². The van der Waals surface area contributed by atoms with E-state index in [9.17, 15) is 14.7 Å². The van der Waals surface area contributed by atoms with Gasteiger partial charge in [-0.25, -0.2) is 4.98 Å². The summed E-state index contributed by atoms with van der Waals surface area (Å²) in [6.07, 6.45) is 0. The predicted molar refractivity (Wildman–Crippen MR) is 124 cm³/mol. The lowest BCUT2D eigenvalue weighted by Gasteiger charge is -2.15. The van der Waals surface area contributed by atoms with Gasteiger partial charge in [-0.05, 0) is 24.3 Å². The fourth-order valence-electron chi connectivity index (χ4n) is 2.99. The van der Waals surface area contributed by atoms with E-state index in [1.807, 2.05) is 30.3 Å². The Kier molecular flexibility index (Phi) is 6.78. The third-order valence-corrected chi connectivity index (χ3v) is 6.55. The van der Waals surface area contributed by atoms with E-state index in [0.29, 0.717) is 21.7 Å². The van der Waals surface area contributed by atoms with Crippen LogP contribution in [0.2, 0.25) is 0 Å². The van der Waals surface area contributed by atoms with E-state index >= 15 is 0 Å². The van der Waals surface area contributed by atoms with E-state index in [-0.39, 0.29) is 24.2 Å². The van der Waals surface area contributed by atoms with Crippen molar-refractivity contribution in [3.8, 4) is 0 Å². The first-order chi connectivity index (χ1) is 15.5. The third kappa shape index (κ3) is 4.96. The first-order valence-corrected chi connectivity index (χ1v) is 11.5. The van der Waals surface area contributed by atoms with E-state index in [1.165, 1.54) is 23.1 Å². The van der Waals surface area contributed by atoms with Gasteiger partial charge in [0, 0.05) is 12.6 Å². The number of carbonyl (C=O) groups is 2. The number of aromatic nitrogens is 4. The Morgan fingerprint density at radius 3 is 2.62 bits per heavy atom. The Balaban J connectivity index is 1.37. The second-order valence-electron chi connectivity index (χ2n) is 6.80. The second kappa shape index (κ2) is 9.90. The lowest BCUT2D eigenvalue weighted by atomic mass is 10.2. The fourth-order valence-corrected chi connectivity index (χ4v) is 4.59. The lowest BCUT2D eigenvalue weighted by molar-refractivity contribution is -0.113.